The highest BCUT2D eigenvalue weighted by molar-refractivity contribution is 6.08. The zero-order valence-electron chi connectivity index (χ0n) is 10.3. The monoisotopic (exact) mass is 250 g/mol. The molecule has 0 aliphatic rings. The minimum absolute atomic E-state index is 0.221. The maximum Gasteiger partial charge on any atom is 0.253 e. The van der Waals surface area contributed by atoms with Crippen molar-refractivity contribution in [3.8, 4) is 0 Å². The second-order valence-electron chi connectivity index (χ2n) is 4.04. The van der Waals surface area contributed by atoms with Crippen molar-refractivity contribution >= 4 is 16.8 Å². The molecule has 0 radical (unpaired) electrons. The minimum Gasteiger partial charge on any atom is -0.383 e. The molecular formula is C13H15FN2O2. The summed E-state index contributed by atoms with van der Waals surface area (Å²) in [6.07, 6.45) is 0. The van der Waals surface area contributed by atoms with E-state index in [4.69, 9.17) is 4.74 Å². The minimum atomic E-state index is -0.355. The molecule has 1 aromatic carbocycles. The number of halogens is 1. The molecule has 0 atom stereocenters. The van der Waals surface area contributed by atoms with Crippen LogP contribution in [-0.4, -0.2) is 31.2 Å². The van der Waals surface area contributed by atoms with Crippen molar-refractivity contribution in [1.82, 2.24) is 10.3 Å². The first-order valence-electron chi connectivity index (χ1n) is 5.69. The molecule has 18 heavy (non-hydrogen) atoms. The number of fused-ring (bicyclic) bond motifs is 1. The second kappa shape index (κ2) is 5.18. The highest BCUT2D eigenvalue weighted by Crippen LogP contribution is 2.23. The van der Waals surface area contributed by atoms with E-state index in [9.17, 15) is 9.18 Å². The van der Waals surface area contributed by atoms with Gasteiger partial charge in [-0.3, -0.25) is 4.79 Å². The third-order valence-corrected chi connectivity index (χ3v) is 2.79. The molecule has 1 aromatic heterocycles. The van der Waals surface area contributed by atoms with Crippen LogP contribution >= 0.6 is 0 Å². The molecule has 0 aliphatic carbocycles. The smallest absolute Gasteiger partial charge is 0.253 e. The first kappa shape index (κ1) is 12.6. The van der Waals surface area contributed by atoms with E-state index in [1.165, 1.54) is 6.07 Å². The van der Waals surface area contributed by atoms with Crippen LogP contribution in [-0.2, 0) is 4.74 Å². The number of amides is 1. The molecule has 1 heterocycles. The number of benzene rings is 1. The summed E-state index contributed by atoms with van der Waals surface area (Å²) in [4.78, 5) is 14.9. The van der Waals surface area contributed by atoms with Crippen LogP contribution in [0.15, 0.2) is 18.2 Å². The van der Waals surface area contributed by atoms with E-state index >= 15 is 0 Å². The first-order valence-corrected chi connectivity index (χ1v) is 5.69. The number of aromatic nitrogens is 1. The predicted octanol–water partition coefficient (Wildman–Crippen LogP) is 1.99. The van der Waals surface area contributed by atoms with Crippen molar-refractivity contribution in [3.05, 3.63) is 35.3 Å². The van der Waals surface area contributed by atoms with Crippen molar-refractivity contribution in [1.29, 1.82) is 0 Å². The molecule has 0 spiro atoms. The fourth-order valence-electron chi connectivity index (χ4n) is 1.96. The number of para-hydroxylation sites is 1. The fraction of sp³-hybridized carbons (Fsp3) is 0.308. The summed E-state index contributed by atoms with van der Waals surface area (Å²) in [6, 6.07) is 4.69. The van der Waals surface area contributed by atoms with Gasteiger partial charge in [0.05, 0.1) is 17.7 Å². The van der Waals surface area contributed by atoms with Crippen LogP contribution < -0.4 is 5.32 Å². The van der Waals surface area contributed by atoms with Gasteiger partial charge in [0.25, 0.3) is 5.91 Å². The lowest BCUT2D eigenvalue weighted by Gasteiger charge is -2.04. The molecule has 0 saturated carbocycles. The third kappa shape index (κ3) is 2.22. The number of aryl methyl sites for hydroxylation is 1. The van der Waals surface area contributed by atoms with Crippen molar-refractivity contribution in [2.75, 3.05) is 20.3 Å². The zero-order valence-corrected chi connectivity index (χ0v) is 10.3. The van der Waals surface area contributed by atoms with Gasteiger partial charge in [-0.1, -0.05) is 12.1 Å². The molecule has 1 amide bonds. The Hall–Kier alpha value is -1.88. The van der Waals surface area contributed by atoms with E-state index in [-0.39, 0.29) is 11.7 Å². The van der Waals surface area contributed by atoms with E-state index in [1.807, 2.05) is 0 Å². The van der Waals surface area contributed by atoms with Crippen molar-refractivity contribution in [2.24, 2.45) is 0 Å². The molecule has 2 rings (SSSR count). The Morgan fingerprint density at radius 2 is 2.28 bits per heavy atom. The van der Waals surface area contributed by atoms with Crippen LogP contribution in [0.5, 0.6) is 0 Å². The lowest BCUT2D eigenvalue weighted by atomic mass is 10.1. The summed E-state index contributed by atoms with van der Waals surface area (Å²) in [5.74, 6) is -0.576. The lowest BCUT2D eigenvalue weighted by Crippen LogP contribution is -2.27. The molecule has 0 unspecified atom stereocenters. The van der Waals surface area contributed by atoms with Crippen LogP contribution in [0.1, 0.15) is 16.1 Å². The molecule has 0 saturated heterocycles. The van der Waals surface area contributed by atoms with E-state index < -0.39 is 0 Å². The van der Waals surface area contributed by atoms with Gasteiger partial charge in [0, 0.05) is 24.7 Å². The van der Waals surface area contributed by atoms with Gasteiger partial charge in [-0.2, -0.15) is 0 Å². The van der Waals surface area contributed by atoms with Gasteiger partial charge >= 0.3 is 0 Å². The van der Waals surface area contributed by atoms with Gasteiger partial charge in [-0.25, -0.2) is 4.39 Å². The summed E-state index contributed by atoms with van der Waals surface area (Å²) in [5, 5.41) is 3.33. The Balaban J connectivity index is 2.35. The average Bonchev–Trinajstić information content (AvgIpc) is 2.67. The summed E-state index contributed by atoms with van der Waals surface area (Å²) < 4.78 is 18.4. The SMILES string of the molecule is COCCNC(=O)c1c(C)[nH]c2c(F)cccc12. The zero-order chi connectivity index (χ0) is 13.1. The summed E-state index contributed by atoms with van der Waals surface area (Å²) >= 11 is 0. The van der Waals surface area contributed by atoms with E-state index in [1.54, 1.807) is 26.2 Å². The Kier molecular flexibility index (Phi) is 3.62. The number of hydrogen-bond donors (Lipinski definition) is 2. The van der Waals surface area contributed by atoms with E-state index in [2.05, 4.69) is 10.3 Å². The number of methoxy groups -OCH3 is 1. The van der Waals surface area contributed by atoms with Crippen LogP contribution in [0.2, 0.25) is 0 Å². The quantitative estimate of drug-likeness (QED) is 0.815. The number of ether oxygens (including phenoxy) is 1. The molecule has 96 valence electrons. The number of rotatable bonds is 4. The Morgan fingerprint density at radius 1 is 1.50 bits per heavy atom. The van der Waals surface area contributed by atoms with E-state index in [0.29, 0.717) is 35.3 Å². The van der Waals surface area contributed by atoms with Gasteiger partial charge in [0.1, 0.15) is 5.82 Å². The molecule has 5 heteroatoms. The molecule has 0 aliphatic heterocycles. The lowest BCUT2D eigenvalue weighted by molar-refractivity contribution is 0.0938. The highest BCUT2D eigenvalue weighted by atomic mass is 19.1. The number of aromatic amines is 1. The number of carbonyl (C=O) groups excluding carboxylic acids is 1. The Labute approximate surface area is 104 Å². The largest absolute Gasteiger partial charge is 0.383 e. The van der Waals surface area contributed by atoms with Gasteiger partial charge in [0.15, 0.2) is 0 Å². The van der Waals surface area contributed by atoms with Gasteiger partial charge in [-0.15, -0.1) is 0 Å². The van der Waals surface area contributed by atoms with Crippen LogP contribution in [0.3, 0.4) is 0 Å². The molecule has 4 nitrogen and oxygen atoms in total. The number of nitrogens with one attached hydrogen (secondary N) is 2. The van der Waals surface area contributed by atoms with Crippen molar-refractivity contribution in [2.45, 2.75) is 6.92 Å². The standard InChI is InChI=1S/C13H15FN2O2/c1-8-11(13(17)15-6-7-18-2)9-4-3-5-10(14)12(9)16-8/h3-5,16H,6-7H2,1-2H3,(H,15,17). The Bertz CT molecular complexity index is 578. The maximum atomic E-state index is 13.6. The highest BCUT2D eigenvalue weighted by Gasteiger charge is 2.17. The van der Waals surface area contributed by atoms with Crippen molar-refractivity contribution in [3.63, 3.8) is 0 Å². The van der Waals surface area contributed by atoms with Crippen LogP contribution in [0, 0.1) is 12.7 Å². The second-order valence-corrected chi connectivity index (χ2v) is 4.04. The van der Waals surface area contributed by atoms with Crippen molar-refractivity contribution < 1.29 is 13.9 Å². The van der Waals surface area contributed by atoms with Crippen LogP contribution in [0.25, 0.3) is 10.9 Å². The predicted molar refractivity (Wildman–Crippen MR) is 67.2 cm³/mol. The Morgan fingerprint density at radius 3 is 3.00 bits per heavy atom. The molecule has 2 aromatic rings. The van der Waals surface area contributed by atoms with E-state index in [0.717, 1.165) is 0 Å². The van der Waals surface area contributed by atoms with Gasteiger partial charge < -0.3 is 15.0 Å². The summed E-state index contributed by atoms with van der Waals surface area (Å²) in [7, 11) is 1.57. The van der Waals surface area contributed by atoms with Gasteiger partial charge in [-0.05, 0) is 13.0 Å². The third-order valence-electron chi connectivity index (χ3n) is 2.79. The molecular weight excluding hydrogens is 235 g/mol. The van der Waals surface area contributed by atoms with Gasteiger partial charge in [0.2, 0.25) is 0 Å². The average molecular weight is 250 g/mol. The summed E-state index contributed by atoms with van der Waals surface area (Å²) in [5.41, 5.74) is 1.51. The fourth-order valence-corrected chi connectivity index (χ4v) is 1.96. The molecule has 0 bridgehead atoms. The van der Waals surface area contributed by atoms with Crippen LogP contribution in [0.4, 0.5) is 4.39 Å². The molecule has 2 N–H and O–H groups in total. The normalized spacial score (nSPS) is 10.8. The molecule has 0 fully saturated rings. The maximum absolute atomic E-state index is 13.6. The number of carbonyl (C=O) groups is 1. The topological polar surface area (TPSA) is 54.1 Å². The number of hydrogen-bond acceptors (Lipinski definition) is 2. The first-order chi connectivity index (χ1) is 8.65. The number of H-pyrrole nitrogens is 1. The summed E-state index contributed by atoms with van der Waals surface area (Å²) in [6.45, 7) is 2.63.